The summed E-state index contributed by atoms with van der Waals surface area (Å²) >= 11 is 3.21. The van der Waals surface area contributed by atoms with Gasteiger partial charge in [-0.25, -0.2) is 4.79 Å². The van der Waals surface area contributed by atoms with Crippen molar-refractivity contribution >= 4 is 27.6 Å². The summed E-state index contributed by atoms with van der Waals surface area (Å²) in [5.74, 6) is -0.498. The van der Waals surface area contributed by atoms with Gasteiger partial charge in [0.1, 0.15) is 0 Å². The first-order chi connectivity index (χ1) is 7.15. The summed E-state index contributed by atoms with van der Waals surface area (Å²) in [4.78, 5) is 11.5. The quantitative estimate of drug-likeness (QED) is 0.522. The molecule has 0 spiro atoms. The number of nitrogen functional groups attached to an aromatic ring is 1. The van der Waals surface area contributed by atoms with Gasteiger partial charge in [-0.15, -0.1) is 0 Å². The van der Waals surface area contributed by atoms with Crippen molar-refractivity contribution < 1.29 is 13.9 Å². The van der Waals surface area contributed by atoms with E-state index >= 15 is 0 Å². The Labute approximate surface area is 95.5 Å². The molecule has 0 aromatic heterocycles. The number of rotatable bonds is 4. The molecule has 0 saturated carbocycles. The van der Waals surface area contributed by atoms with E-state index in [9.17, 15) is 9.18 Å². The van der Waals surface area contributed by atoms with E-state index in [0.717, 1.165) is 0 Å². The van der Waals surface area contributed by atoms with Gasteiger partial charge in [-0.05, 0) is 34.1 Å². The highest BCUT2D eigenvalue weighted by molar-refractivity contribution is 9.10. The molecule has 0 aliphatic carbocycles. The average Bonchev–Trinajstić information content (AvgIpc) is 2.22. The topological polar surface area (TPSA) is 52.3 Å². The maximum absolute atomic E-state index is 11.8. The number of ether oxygens (including phenoxy) is 1. The maximum Gasteiger partial charge on any atom is 0.339 e. The van der Waals surface area contributed by atoms with Gasteiger partial charge in [0.15, 0.2) is 0 Å². The van der Waals surface area contributed by atoms with Crippen molar-refractivity contribution in [3.05, 3.63) is 28.2 Å². The summed E-state index contributed by atoms with van der Waals surface area (Å²) < 4.78 is 17.2. The van der Waals surface area contributed by atoms with Crippen LogP contribution >= 0.6 is 15.9 Å². The first kappa shape index (κ1) is 12.0. The van der Waals surface area contributed by atoms with Crippen molar-refractivity contribution in [2.24, 2.45) is 0 Å². The van der Waals surface area contributed by atoms with Crippen molar-refractivity contribution in [1.29, 1.82) is 0 Å². The SMILES string of the molecule is Nc1ccc(Br)c(C(=O)OCCCF)c1. The highest BCUT2D eigenvalue weighted by atomic mass is 79.9. The molecule has 0 amide bonds. The monoisotopic (exact) mass is 275 g/mol. The standard InChI is InChI=1S/C10H11BrFNO2/c11-9-3-2-7(13)6-8(9)10(14)15-5-1-4-12/h2-3,6H,1,4-5,13H2. The fourth-order valence-electron chi connectivity index (χ4n) is 0.996. The number of benzene rings is 1. The van der Waals surface area contributed by atoms with Crippen LogP contribution in [0.4, 0.5) is 10.1 Å². The summed E-state index contributed by atoms with van der Waals surface area (Å²) in [6.45, 7) is -0.415. The Balaban J connectivity index is 2.68. The third-order valence-electron chi connectivity index (χ3n) is 1.72. The average molecular weight is 276 g/mol. The first-order valence-corrected chi connectivity index (χ1v) is 5.22. The molecule has 3 nitrogen and oxygen atoms in total. The third kappa shape index (κ3) is 3.51. The maximum atomic E-state index is 11.8. The predicted molar refractivity (Wildman–Crippen MR) is 59.4 cm³/mol. The van der Waals surface area contributed by atoms with E-state index in [4.69, 9.17) is 10.5 Å². The molecule has 0 atom stereocenters. The molecule has 15 heavy (non-hydrogen) atoms. The molecular weight excluding hydrogens is 265 g/mol. The van der Waals surface area contributed by atoms with Gasteiger partial charge < -0.3 is 10.5 Å². The largest absolute Gasteiger partial charge is 0.462 e. The van der Waals surface area contributed by atoms with Gasteiger partial charge in [0, 0.05) is 16.6 Å². The number of anilines is 1. The summed E-state index contributed by atoms with van der Waals surface area (Å²) in [7, 11) is 0. The Kier molecular flexibility index (Phi) is 4.55. The van der Waals surface area contributed by atoms with Gasteiger partial charge in [-0.3, -0.25) is 4.39 Å². The highest BCUT2D eigenvalue weighted by Gasteiger charge is 2.11. The molecule has 0 saturated heterocycles. The summed E-state index contributed by atoms with van der Waals surface area (Å²) in [5.41, 5.74) is 6.37. The highest BCUT2D eigenvalue weighted by Crippen LogP contribution is 2.20. The summed E-state index contributed by atoms with van der Waals surface area (Å²) in [6.07, 6.45) is 0.214. The van der Waals surface area contributed by atoms with Crippen LogP contribution in [0.2, 0.25) is 0 Å². The number of hydrogen-bond donors (Lipinski definition) is 1. The zero-order chi connectivity index (χ0) is 11.3. The molecule has 1 rings (SSSR count). The molecule has 1 aromatic rings. The number of esters is 1. The van der Waals surface area contributed by atoms with Crippen LogP contribution in [0.1, 0.15) is 16.8 Å². The minimum atomic E-state index is -0.498. The zero-order valence-electron chi connectivity index (χ0n) is 8.00. The second kappa shape index (κ2) is 5.70. The summed E-state index contributed by atoms with van der Waals surface area (Å²) in [5, 5.41) is 0. The second-order valence-corrected chi connectivity index (χ2v) is 3.77. The molecule has 0 unspecified atom stereocenters. The number of nitrogens with two attached hydrogens (primary N) is 1. The van der Waals surface area contributed by atoms with Crippen LogP contribution in [-0.4, -0.2) is 19.3 Å². The van der Waals surface area contributed by atoms with Gasteiger partial charge >= 0.3 is 5.97 Å². The van der Waals surface area contributed by atoms with E-state index in [0.29, 0.717) is 15.7 Å². The molecule has 82 valence electrons. The van der Waals surface area contributed by atoms with E-state index < -0.39 is 12.6 Å². The normalized spacial score (nSPS) is 10.0. The lowest BCUT2D eigenvalue weighted by atomic mass is 10.2. The molecule has 5 heteroatoms. The van der Waals surface area contributed by atoms with Crippen LogP contribution in [-0.2, 0) is 4.74 Å². The number of halogens is 2. The van der Waals surface area contributed by atoms with Crippen molar-refractivity contribution in [2.75, 3.05) is 19.0 Å². The van der Waals surface area contributed by atoms with Crippen LogP contribution in [0.15, 0.2) is 22.7 Å². The number of hydrogen-bond acceptors (Lipinski definition) is 3. The van der Waals surface area contributed by atoms with Gasteiger partial charge in [-0.1, -0.05) is 0 Å². The molecular formula is C10H11BrFNO2. The Bertz CT molecular complexity index is 357. The van der Waals surface area contributed by atoms with Crippen molar-refractivity contribution in [2.45, 2.75) is 6.42 Å². The van der Waals surface area contributed by atoms with Gasteiger partial charge in [-0.2, -0.15) is 0 Å². The molecule has 0 radical (unpaired) electrons. The van der Waals surface area contributed by atoms with Crippen molar-refractivity contribution in [3.8, 4) is 0 Å². The smallest absolute Gasteiger partial charge is 0.339 e. The van der Waals surface area contributed by atoms with Crippen LogP contribution in [0, 0.1) is 0 Å². The molecule has 0 fully saturated rings. The predicted octanol–water partition coefficient (Wildman–Crippen LogP) is 2.55. The molecule has 0 heterocycles. The molecule has 2 N–H and O–H groups in total. The lowest BCUT2D eigenvalue weighted by molar-refractivity contribution is 0.0493. The number of carbonyl (C=O) groups excluding carboxylic acids is 1. The lowest BCUT2D eigenvalue weighted by Crippen LogP contribution is -2.08. The van der Waals surface area contributed by atoms with E-state index in [1.807, 2.05) is 0 Å². The van der Waals surface area contributed by atoms with Crippen LogP contribution in [0.5, 0.6) is 0 Å². The molecule has 0 aliphatic rings. The van der Waals surface area contributed by atoms with Crippen LogP contribution in [0.25, 0.3) is 0 Å². The molecule has 1 aromatic carbocycles. The van der Waals surface area contributed by atoms with E-state index in [1.165, 1.54) is 6.07 Å². The Morgan fingerprint density at radius 1 is 1.53 bits per heavy atom. The minimum absolute atomic E-state index is 0.0799. The third-order valence-corrected chi connectivity index (χ3v) is 2.41. The molecule has 0 bridgehead atoms. The molecule has 0 aliphatic heterocycles. The summed E-state index contributed by atoms with van der Waals surface area (Å²) in [6, 6.07) is 4.85. The van der Waals surface area contributed by atoms with E-state index in [1.54, 1.807) is 12.1 Å². The fraction of sp³-hybridized carbons (Fsp3) is 0.300. The van der Waals surface area contributed by atoms with Crippen molar-refractivity contribution in [3.63, 3.8) is 0 Å². The fourth-order valence-corrected chi connectivity index (χ4v) is 1.40. The minimum Gasteiger partial charge on any atom is -0.462 e. The van der Waals surface area contributed by atoms with E-state index in [2.05, 4.69) is 15.9 Å². The second-order valence-electron chi connectivity index (χ2n) is 2.92. The number of carbonyl (C=O) groups is 1. The van der Waals surface area contributed by atoms with Crippen molar-refractivity contribution in [1.82, 2.24) is 0 Å². The van der Waals surface area contributed by atoms with E-state index in [-0.39, 0.29) is 13.0 Å². The van der Waals surface area contributed by atoms with Gasteiger partial charge in [0.05, 0.1) is 18.8 Å². The zero-order valence-corrected chi connectivity index (χ0v) is 9.59. The Morgan fingerprint density at radius 2 is 2.27 bits per heavy atom. The van der Waals surface area contributed by atoms with Crippen LogP contribution in [0.3, 0.4) is 0 Å². The van der Waals surface area contributed by atoms with Gasteiger partial charge in [0.25, 0.3) is 0 Å². The first-order valence-electron chi connectivity index (χ1n) is 4.43. The Morgan fingerprint density at radius 3 is 2.93 bits per heavy atom. The Hall–Kier alpha value is -1.10. The van der Waals surface area contributed by atoms with Crippen LogP contribution < -0.4 is 5.73 Å². The number of alkyl halides is 1. The lowest BCUT2D eigenvalue weighted by Gasteiger charge is -2.05. The van der Waals surface area contributed by atoms with Gasteiger partial charge in [0.2, 0.25) is 0 Å².